The van der Waals surface area contributed by atoms with Gasteiger partial charge in [-0.3, -0.25) is 9.59 Å². The minimum absolute atomic E-state index is 0.168. The third-order valence-corrected chi connectivity index (χ3v) is 2.84. The van der Waals surface area contributed by atoms with Crippen LogP contribution in [0.2, 0.25) is 0 Å². The van der Waals surface area contributed by atoms with Crippen molar-refractivity contribution in [1.82, 2.24) is 4.98 Å². The van der Waals surface area contributed by atoms with Crippen molar-refractivity contribution in [2.75, 3.05) is 10.6 Å². The SMILES string of the molecule is CC(=O)Nc1cccc(NC(=O)c2ccc[nH]c2=S)c1. The molecule has 0 aliphatic carbocycles. The third-order valence-electron chi connectivity index (χ3n) is 2.50. The normalized spacial score (nSPS) is 9.85. The van der Waals surface area contributed by atoms with Gasteiger partial charge in [0.1, 0.15) is 4.64 Å². The molecule has 0 fully saturated rings. The fourth-order valence-electron chi connectivity index (χ4n) is 1.68. The summed E-state index contributed by atoms with van der Waals surface area (Å²) in [5.74, 6) is -0.467. The number of carbonyl (C=O) groups excluding carboxylic acids is 2. The van der Waals surface area contributed by atoms with E-state index in [2.05, 4.69) is 15.6 Å². The van der Waals surface area contributed by atoms with E-state index in [4.69, 9.17) is 12.2 Å². The molecule has 102 valence electrons. The molecule has 0 saturated carbocycles. The molecule has 1 heterocycles. The molecule has 1 aromatic carbocycles. The Morgan fingerprint density at radius 2 is 1.80 bits per heavy atom. The van der Waals surface area contributed by atoms with E-state index in [1.807, 2.05) is 0 Å². The molecule has 2 aromatic rings. The summed E-state index contributed by atoms with van der Waals surface area (Å²) in [6, 6.07) is 10.2. The van der Waals surface area contributed by atoms with Crippen LogP contribution in [0.4, 0.5) is 11.4 Å². The van der Waals surface area contributed by atoms with Crippen LogP contribution in [-0.4, -0.2) is 16.8 Å². The number of rotatable bonds is 3. The van der Waals surface area contributed by atoms with E-state index in [0.29, 0.717) is 21.6 Å². The molecule has 0 unspecified atom stereocenters. The van der Waals surface area contributed by atoms with Crippen molar-refractivity contribution in [3.8, 4) is 0 Å². The number of aromatic nitrogens is 1. The lowest BCUT2D eigenvalue weighted by Crippen LogP contribution is -2.13. The molecule has 0 aliphatic heterocycles. The van der Waals surface area contributed by atoms with Crippen LogP contribution in [0, 0.1) is 4.64 Å². The maximum atomic E-state index is 12.1. The number of pyridine rings is 1. The third kappa shape index (κ3) is 3.52. The van der Waals surface area contributed by atoms with Gasteiger partial charge in [-0.25, -0.2) is 0 Å². The van der Waals surface area contributed by atoms with Gasteiger partial charge in [-0.05, 0) is 30.3 Å². The van der Waals surface area contributed by atoms with Crippen molar-refractivity contribution >= 4 is 35.4 Å². The second-order valence-corrected chi connectivity index (χ2v) is 4.54. The number of benzene rings is 1. The Kier molecular flexibility index (Phi) is 4.27. The Balaban J connectivity index is 2.18. The lowest BCUT2D eigenvalue weighted by atomic mass is 10.2. The van der Waals surface area contributed by atoms with Gasteiger partial charge in [-0.1, -0.05) is 18.3 Å². The highest BCUT2D eigenvalue weighted by Gasteiger charge is 2.08. The number of hydrogen-bond donors (Lipinski definition) is 3. The Morgan fingerprint density at radius 1 is 1.10 bits per heavy atom. The first kappa shape index (κ1) is 14.0. The van der Waals surface area contributed by atoms with Gasteiger partial charge in [0.15, 0.2) is 0 Å². The molecule has 2 rings (SSSR count). The monoisotopic (exact) mass is 287 g/mol. The van der Waals surface area contributed by atoms with Crippen LogP contribution in [0.15, 0.2) is 42.6 Å². The van der Waals surface area contributed by atoms with Crippen molar-refractivity contribution in [2.24, 2.45) is 0 Å². The largest absolute Gasteiger partial charge is 0.352 e. The van der Waals surface area contributed by atoms with Crippen LogP contribution in [-0.2, 0) is 4.79 Å². The topological polar surface area (TPSA) is 74.0 Å². The van der Waals surface area contributed by atoms with Crippen LogP contribution in [0.25, 0.3) is 0 Å². The van der Waals surface area contributed by atoms with E-state index in [-0.39, 0.29) is 11.8 Å². The van der Waals surface area contributed by atoms with Crippen LogP contribution in [0.5, 0.6) is 0 Å². The Labute approximate surface area is 121 Å². The van der Waals surface area contributed by atoms with Crippen molar-refractivity contribution in [2.45, 2.75) is 6.92 Å². The maximum Gasteiger partial charge on any atom is 0.258 e. The molecule has 0 aliphatic rings. The van der Waals surface area contributed by atoms with Gasteiger partial charge in [-0.15, -0.1) is 0 Å². The van der Waals surface area contributed by atoms with Crippen LogP contribution in [0.1, 0.15) is 17.3 Å². The first-order chi connectivity index (χ1) is 9.56. The summed E-state index contributed by atoms with van der Waals surface area (Å²) < 4.78 is 0.378. The van der Waals surface area contributed by atoms with Gasteiger partial charge < -0.3 is 15.6 Å². The number of aromatic amines is 1. The fraction of sp³-hybridized carbons (Fsp3) is 0.0714. The highest BCUT2D eigenvalue weighted by molar-refractivity contribution is 7.71. The molecule has 2 amide bonds. The summed E-state index contributed by atoms with van der Waals surface area (Å²) in [5.41, 5.74) is 1.60. The predicted octanol–water partition coefficient (Wildman–Crippen LogP) is 2.95. The van der Waals surface area contributed by atoms with E-state index in [1.165, 1.54) is 6.92 Å². The quantitative estimate of drug-likeness (QED) is 0.760. The summed E-state index contributed by atoms with van der Waals surface area (Å²) >= 11 is 5.05. The predicted molar refractivity (Wildman–Crippen MR) is 80.3 cm³/mol. The highest BCUT2D eigenvalue weighted by Crippen LogP contribution is 2.16. The average Bonchev–Trinajstić information content (AvgIpc) is 2.38. The highest BCUT2D eigenvalue weighted by atomic mass is 32.1. The lowest BCUT2D eigenvalue weighted by Gasteiger charge is -2.07. The molecule has 3 N–H and O–H groups in total. The van der Waals surface area contributed by atoms with Gasteiger partial charge in [0.05, 0.1) is 5.56 Å². The van der Waals surface area contributed by atoms with Gasteiger partial charge in [-0.2, -0.15) is 0 Å². The molecule has 0 spiro atoms. The summed E-state index contributed by atoms with van der Waals surface area (Å²) in [5, 5.41) is 5.39. The molecular formula is C14H13N3O2S. The number of anilines is 2. The Morgan fingerprint density at radius 3 is 2.45 bits per heavy atom. The zero-order valence-corrected chi connectivity index (χ0v) is 11.6. The second-order valence-electron chi connectivity index (χ2n) is 4.13. The summed E-state index contributed by atoms with van der Waals surface area (Å²) in [6.07, 6.45) is 1.66. The standard InChI is InChI=1S/C14H13N3O2S/c1-9(18)16-10-4-2-5-11(8-10)17-13(19)12-6-3-7-15-14(12)20/h2-8H,1H3,(H,15,20)(H,16,18)(H,17,19). The molecule has 0 bridgehead atoms. The maximum absolute atomic E-state index is 12.1. The average molecular weight is 287 g/mol. The molecule has 0 atom stereocenters. The van der Waals surface area contributed by atoms with Crippen LogP contribution in [0.3, 0.4) is 0 Å². The smallest absolute Gasteiger partial charge is 0.258 e. The molecule has 5 nitrogen and oxygen atoms in total. The number of H-pyrrole nitrogens is 1. The number of carbonyl (C=O) groups is 2. The Bertz CT molecular complexity index is 709. The van der Waals surface area contributed by atoms with Crippen LogP contribution >= 0.6 is 12.2 Å². The molecule has 0 radical (unpaired) electrons. The summed E-state index contributed by atoms with van der Waals surface area (Å²) in [6.45, 7) is 1.43. The molecule has 0 saturated heterocycles. The lowest BCUT2D eigenvalue weighted by molar-refractivity contribution is -0.114. The first-order valence-electron chi connectivity index (χ1n) is 5.93. The van der Waals surface area contributed by atoms with Crippen molar-refractivity contribution in [3.05, 3.63) is 52.8 Å². The van der Waals surface area contributed by atoms with Crippen molar-refractivity contribution < 1.29 is 9.59 Å². The van der Waals surface area contributed by atoms with E-state index in [9.17, 15) is 9.59 Å². The van der Waals surface area contributed by atoms with Gasteiger partial charge in [0.25, 0.3) is 5.91 Å². The number of nitrogens with one attached hydrogen (secondary N) is 3. The zero-order chi connectivity index (χ0) is 14.5. The first-order valence-corrected chi connectivity index (χ1v) is 6.34. The molecule has 1 aromatic heterocycles. The van der Waals surface area contributed by atoms with Crippen molar-refractivity contribution in [1.29, 1.82) is 0 Å². The van der Waals surface area contributed by atoms with Gasteiger partial charge >= 0.3 is 0 Å². The van der Waals surface area contributed by atoms with Gasteiger partial charge in [0.2, 0.25) is 5.91 Å². The van der Waals surface area contributed by atoms with E-state index < -0.39 is 0 Å². The number of hydrogen-bond acceptors (Lipinski definition) is 3. The zero-order valence-electron chi connectivity index (χ0n) is 10.8. The Hall–Kier alpha value is -2.47. The summed E-state index contributed by atoms with van der Waals surface area (Å²) in [7, 11) is 0. The molecular weight excluding hydrogens is 274 g/mol. The number of amides is 2. The van der Waals surface area contributed by atoms with Crippen molar-refractivity contribution in [3.63, 3.8) is 0 Å². The van der Waals surface area contributed by atoms with E-state index in [1.54, 1.807) is 42.6 Å². The van der Waals surface area contributed by atoms with Gasteiger partial charge in [0, 0.05) is 24.5 Å². The second kappa shape index (κ2) is 6.12. The minimum Gasteiger partial charge on any atom is -0.352 e. The molecule has 20 heavy (non-hydrogen) atoms. The summed E-state index contributed by atoms with van der Waals surface area (Å²) in [4.78, 5) is 25.9. The van der Waals surface area contributed by atoms with E-state index in [0.717, 1.165) is 0 Å². The van der Waals surface area contributed by atoms with Crippen LogP contribution < -0.4 is 10.6 Å². The minimum atomic E-state index is -0.299. The molecule has 6 heteroatoms. The van der Waals surface area contributed by atoms with E-state index >= 15 is 0 Å². The fourth-order valence-corrected chi connectivity index (χ4v) is 1.91.